The van der Waals surface area contributed by atoms with Crippen molar-refractivity contribution in [3.8, 4) is 5.75 Å². The summed E-state index contributed by atoms with van der Waals surface area (Å²) in [5, 5.41) is 13.3. The van der Waals surface area contributed by atoms with Gasteiger partial charge in [-0.2, -0.15) is 13.2 Å². The molecule has 1 aromatic carbocycles. The largest absolute Gasteiger partial charge is 0.492 e. The quantitative estimate of drug-likeness (QED) is 0.430. The molecule has 0 radical (unpaired) electrons. The van der Waals surface area contributed by atoms with Gasteiger partial charge in [0.05, 0.1) is 11.5 Å². The molecule has 1 N–H and O–H groups in total. The van der Waals surface area contributed by atoms with E-state index in [9.17, 15) is 23.3 Å². The van der Waals surface area contributed by atoms with Crippen molar-refractivity contribution in [3.05, 3.63) is 34.4 Å². The lowest BCUT2D eigenvalue weighted by molar-refractivity contribution is -0.384. The van der Waals surface area contributed by atoms with Crippen LogP contribution in [0.1, 0.15) is 0 Å². The maximum atomic E-state index is 11.7. The van der Waals surface area contributed by atoms with Crippen LogP contribution in [0.4, 0.5) is 18.9 Å². The fourth-order valence-electron chi connectivity index (χ4n) is 1.36. The number of hydrogen-bond acceptors (Lipinski definition) is 5. The number of nitrogens with one attached hydrogen (secondary N) is 1. The zero-order chi connectivity index (χ0) is 15.7. The maximum absolute atomic E-state index is 11.7. The second kappa shape index (κ2) is 8.42. The number of benzene rings is 1. The number of nitrogens with zero attached hydrogens (tertiary/aromatic N) is 1. The van der Waals surface area contributed by atoms with Crippen LogP contribution < -0.4 is 10.1 Å². The van der Waals surface area contributed by atoms with Gasteiger partial charge >= 0.3 is 6.18 Å². The first-order valence-electron chi connectivity index (χ1n) is 6.11. The molecule has 0 spiro atoms. The summed E-state index contributed by atoms with van der Waals surface area (Å²) in [5.41, 5.74) is -0.0257. The van der Waals surface area contributed by atoms with E-state index >= 15 is 0 Å². The van der Waals surface area contributed by atoms with Gasteiger partial charge in [0.1, 0.15) is 19.0 Å². The van der Waals surface area contributed by atoms with E-state index in [-0.39, 0.29) is 25.4 Å². The Morgan fingerprint density at radius 2 is 1.76 bits per heavy atom. The van der Waals surface area contributed by atoms with Gasteiger partial charge in [-0.15, -0.1) is 0 Å². The summed E-state index contributed by atoms with van der Waals surface area (Å²) in [4.78, 5) is 9.92. The highest BCUT2D eigenvalue weighted by molar-refractivity contribution is 5.35. The lowest BCUT2D eigenvalue weighted by Gasteiger charge is -2.09. The molecule has 0 heterocycles. The Labute approximate surface area is 119 Å². The van der Waals surface area contributed by atoms with E-state index in [0.717, 1.165) is 0 Å². The van der Waals surface area contributed by atoms with Crippen LogP contribution in [-0.4, -0.2) is 44.0 Å². The first-order chi connectivity index (χ1) is 9.88. The van der Waals surface area contributed by atoms with Crippen molar-refractivity contribution < 1.29 is 27.6 Å². The molecule has 0 saturated carbocycles. The minimum absolute atomic E-state index is 0.0257. The minimum Gasteiger partial charge on any atom is -0.492 e. The number of ether oxygens (including phenoxy) is 2. The first kappa shape index (κ1) is 17.2. The van der Waals surface area contributed by atoms with E-state index in [0.29, 0.717) is 12.3 Å². The Balaban J connectivity index is 2.05. The average molecular weight is 308 g/mol. The Morgan fingerprint density at radius 1 is 1.14 bits per heavy atom. The molecule has 0 bridgehead atoms. The third-order valence-corrected chi connectivity index (χ3v) is 2.28. The second-order valence-electron chi connectivity index (χ2n) is 4.02. The van der Waals surface area contributed by atoms with Gasteiger partial charge in [0.15, 0.2) is 0 Å². The molecule has 1 aromatic rings. The van der Waals surface area contributed by atoms with Crippen molar-refractivity contribution in [1.82, 2.24) is 5.32 Å². The summed E-state index contributed by atoms with van der Waals surface area (Å²) in [6.07, 6.45) is -4.31. The van der Waals surface area contributed by atoms with Gasteiger partial charge in [-0.05, 0) is 12.1 Å². The zero-order valence-corrected chi connectivity index (χ0v) is 11.1. The van der Waals surface area contributed by atoms with Crippen LogP contribution in [0.3, 0.4) is 0 Å². The minimum atomic E-state index is -4.31. The van der Waals surface area contributed by atoms with Crippen molar-refractivity contribution >= 4 is 5.69 Å². The highest BCUT2D eigenvalue weighted by Gasteiger charge is 2.27. The van der Waals surface area contributed by atoms with Crippen molar-refractivity contribution in [3.63, 3.8) is 0 Å². The fourth-order valence-corrected chi connectivity index (χ4v) is 1.36. The SMILES string of the molecule is O=[N+]([O-])c1ccc(OCCNCCOCC(F)(F)F)cc1. The fraction of sp³-hybridized carbons (Fsp3) is 0.500. The van der Waals surface area contributed by atoms with Crippen LogP contribution in [0, 0.1) is 10.1 Å². The van der Waals surface area contributed by atoms with Crippen LogP contribution in [0.5, 0.6) is 5.75 Å². The van der Waals surface area contributed by atoms with E-state index in [2.05, 4.69) is 10.1 Å². The van der Waals surface area contributed by atoms with E-state index < -0.39 is 17.7 Å². The Morgan fingerprint density at radius 3 is 2.33 bits per heavy atom. The van der Waals surface area contributed by atoms with Gasteiger partial charge < -0.3 is 14.8 Å². The van der Waals surface area contributed by atoms with Gasteiger partial charge in [-0.1, -0.05) is 0 Å². The van der Waals surface area contributed by atoms with Crippen molar-refractivity contribution in [2.75, 3.05) is 32.9 Å². The number of alkyl halides is 3. The van der Waals surface area contributed by atoms with Gasteiger partial charge in [0, 0.05) is 25.2 Å². The lowest BCUT2D eigenvalue weighted by atomic mass is 10.3. The number of non-ortho nitro benzene ring substituents is 1. The van der Waals surface area contributed by atoms with Crippen molar-refractivity contribution in [2.45, 2.75) is 6.18 Å². The predicted molar refractivity (Wildman–Crippen MR) is 68.3 cm³/mol. The van der Waals surface area contributed by atoms with E-state index in [1.165, 1.54) is 24.3 Å². The van der Waals surface area contributed by atoms with Crippen LogP contribution in [0.15, 0.2) is 24.3 Å². The Bertz CT molecular complexity index is 437. The Hall–Kier alpha value is -1.87. The number of halogens is 3. The first-order valence-corrected chi connectivity index (χ1v) is 6.11. The summed E-state index contributed by atoms with van der Waals surface area (Å²) < 4.78 is 44.9. The van der Waals surface area contributed by atoms with E-state index in [4.69, 9.17) is 4.74 Å². The number of nitro benzene ring substituents is 1. The molecule has 0 aliphatic carbocycles. The molecule has 0 amide bonds. The highest BCUT2D eigenvalue weighted by atomic mass is 19.4. The summed E-state index contributed by atoms with van der Waals surface area (Å²) in [6, 6.07) is 5.61. The summed E-state index contributed by atoms with van der Waals surface area (Å²) in [6.45, 7) is -0.311. The summed E-state index contributed by atoms with van der Waals surface area (Å²) in [7, 11) is 0. The van der Waals surface area contributed by atoms with Crippen molar-refractivity contribution in [2.24, 2.45) is 0 Å². The normalized spacial score (nSPS) is 11.4. The molecule has 1 rings (SSSR count). The van der Waals surface area contributed by atoms with Gasteiger partial charge in [0.2, 0.25) is 0 Å². The number of hydrogen-bond donors (Lipinski definition) is 1. The van der Waals surface area contributed by atoms with E-state index in [1.807, 2.05) is 0 Å². The summed E-state index contributed by atoms with van der Waals surface area (Å²) >= 11 is 0. The number of rotatable bonds is 9. The molecule has 0 atom stereocenters. The average Bonchev–Trinajstić information content (AvgIpc) is 2.41. The predicted octanol–water partition coefficient (Wildman–Crippen LogP) is 2.14. The Kier molecular flexibility index (Phi) is 6.89. The van der Waals surface area contributed by atoms with Gasteiger partial charge in [-0.3, -0.25) is 10.1 Å². The van der Waals surface area contributed by atoms with Crippen LogP contribution in [0.25, 0.3) is 0 Å². The molecule has 21 heavy (non-hydrogen) atoms. The zero-order valence-electron chi connectivity index (χ0n) is 11.1. The van der Waals surface area contributed by atoms with Gasteiger partial charge in [0.25, 0.3) is 5.69 Å². The van der Waals surface area contributed by atoms with E-state index in [1.54, 1.807) is 0 Å². The van der Waals surface area contributed by atoms with Gasteiger partial charge in [-0.25, -0.2) is 0 Å². The van der Waals surface area contributed by atoms with Crippen LogP contribution in [-0.2, 0) is 4.74 Å². The maximum Gasteiger partial charge on any atom is 0.411 e. The van der Waals surface area contributed by atoms with Crippen LogP contribution >= 0.6 is 0 Å². The standard InChI is InChI=1S/C12H15F3N2O4/c13-12(14,15)9-20-7-5-16-6-8-21-11-3-1-10(2-4-11)17(18)19/h1-4,16H,5-9H2. The molecule has 0 aliphatic heterocycles. The molecule has 0 fully saturated rings. The molecule has 118 valence electrons. The van der Waals surface area contributed by atoms with Crippen molar-refractivity contribution in [1.29, 1.82) is 0 Å². The van der Waals surface area contributed by atoms with Crippen LogP contribution in [0.2, 0.25) is 0 Å². The second-order valence-corrected chi connectivity index (χ2v) is 4.02. The molecule has 0 aliphatic rings. The third-order valence-electron chi connectivity index (χ3n) is 2.28. The molecule has 9 heteroatoms. The smallest absolute Gasteiger partial charge is 0.411 e. The monoisotopic (exact) mass is 308 g/mol. The molecular formula is C12H15F3N2O4. The molecule has 0 unspecified atom stereocenters. The molecule has 0 aromatic heterocycles. The topological polar surface area (TPSA) is 73.6 Å². The highest BCUT2D eigenvalue weighted by Crippen LogP contribution is 2.17. The summed E-state index contributed by atoms with van der Waals surface area (Å²) in [5.74, 6) is 0.482. The molecular weight excluding hydrogens is 293 g/mol. The molecule has 0 saturated heterocycles. The lowest BCUT2D eigenvalue weighted by Crippen LogP contribution is -2.27. The third kappa shape index (κ3) is 8.10. The molecule has 6 nitrogen and oxygen atoms in total. The number of nitro groups is 1.